The minimum Gasteiger partial charge on any atom is -0.456 e. The van der Waals surface area contributed by atoms with Gasteiger partial charge in [0.1, 0.15) is 23.6 Å². The van der Waals surface area contributed by atoms with E-state index in [0.717, 1.165) is 28.8 Å². The van der Waals surface area contributed by atoms with E-state index in [2.05, 4.69) is 33.5 Å². The lowest BCUT2D eigenvalue weighted by atomic mass is 9.97. The summed E-state index contributed by atoms with van der Waals surface area (Å²) in [6.07, 6.45) is 1.99. The van der Waals surface area contributed by atoms with Crippen LogP contribution in [0, 0.1) is 0 Å². The SMILES string of the molecule is CCOCCOCCOCCOCCC(=O)N1CCc2cc(Cn3nc(-c4ccc5c(c4)NC(N)O5)c4c(N)ncnc43)ccc2C1. The molecule has 14 nitrogen and oxygen atoms in total. The number of anilines is 2. The first kappa shape index (κ1) is 32.6. The summed E-state index contributed by atoms with van der Waals surface area (Å²) in [6.45, 7) is 7.86. The van der Waals surface area contributed by atoms with Crippen molar-refractivity contribution in [1.82, 2.24) is 24.6 Å². The number of ether oxygens (including phenoxy) is 5. The van der Waals surface area contributed by atoms with Gasteiger partial charge in [-0.3, -0.25) is 10.5 Å². The van der Waals surface area contributed by atoms with Crippen molar-refractivity contribution in [1.29, 1.82) is 0 Å². The predicted octanol–water partition coefficient (Wildman–Crippen LogP) is 2.53. The van der Waals surface area contributed by atoms with Crippen molar-refractivity contribution < 1.29 is 28.5 Å². The van der Waals surface area contributed by atoms with E-state index >= 15 is 0 Å². The molecule has 0 fully saturated rings. The molecule has 2 aromatic heterocycles. The molecule has 6 rings (SSSR count). The van der Waals surface area contributed by atoms with E-state index in [1.54, 1.807) is 0 Å². The lowest BCUT2D eigenvalue weighted by Gasteiger charge is -2.29. The number of nitrogens with one attached hydrogen (secondary N) is 1. The average Bonchev–Trinajstić information content (AvgIpc) is 3.64. The van der Waals surface area contributed by atoms with Crippen LogP contribution >= 0.6 is 0 Å². The van der Waals surface area contributed by atoms with Gasteiger partial charge in [0, 0.05) is 25.3 Å². The molecule has 1 amide bonds. The van der Waals surface area contributed by atoms with Crippen molar-refractivity contribution in [3.8, 4) is 17.0 Å². The highest BCUT2D eigenvalue weighted by molar-refractivity contribution is 5.98. The van der Waals surface area contributed by atoms with Crippen molar-refractivity contribution in [3.05, 3.63) is 59.4 Å². The summed E-state index contributed by atoms with van der Waals surface area (Å²) in [4.78, 5) is 23.5. The number of rotatable bonds is 16. The van der Waals surface area contributed by atoms with Crippen LogP contribution in [0.25, 0.3) is 22.3 Å². The van der Waals surface area contributed by atoms with Crippen LogP contribution in [0.15, 0.2) is 42.7 Å². The molecule has 250 valence electrons. The standard InChI is InChI=1S/C33H42N8O6/c1-2-43-11-12-45-15-16-46-14-13-44-10-8-28(42)40-9-7-23-17-22(3-4-25(23)20-40)19-41-32-29(31(34)36-21-37-32)30(39-41)24-5-6-27-26(18-24)38-33(35)47-27/h3-6,17-18,21,33,38H,2,7-16,19-20,35H2,1H3,(H2,34,36,37). The Bertz CT molecular complexity index is 1680. The number of carbonyl (C=O) groups excluding carboxylic acids is 1. The lowest BCUT2D eigenvalue weighted by Crippen LogP contribution is -2.36. The van der Waals surface area contributed by atoms with Gasteiger partial charge in [0.15, 0.2) is 5.65 Å². The number of fused-ring (bicyclic) bond motifs is 3. The van der Waals surface area contributed by atoms with Crippen LogP contribution in [0.1, 0.15) is 30.0 Å². The number of nitrogen functional groups attached to an aromatic ring is 1. The minimum absolute atomic E-state index is 0.0893. The number of amides is 1. The minimum atomic E-state index is -0.588. The third kappa shape index (κ3) is 7.97. The zero-order valence-electron chi connectivity index (χ0n) is 26.7. The Hall–Kier alpha value is -4.34. The van der Waals surface area contributed by atoms with E-state index in [1.807, 2.05) is 34.7 Å². The maximum atomic E-state index is 12.9. The highest BCUT2D eigenvalue weighted by Gasteiger charge is 2.24. The maximum Gasteiger partial charge on any atom is 0.225 e. The third-order valence-electron chi connectivity index (χ3n) is 8.11. The van der Waals surface area contributed by atoms with Crippen molar-refractivity contribution in [2.24, 2.45) is 5.73 Å². The van der Waals surface area contributed by atoms with Crippen molar-refractivity contribution in [3.63, 3.8) is 0 Å². The molecule has 0 aliphatic carbocycles. The molecule has 1 unspecified atom stereocenters. The van der Waals surface area contributed by atoms with Crippen LogP contribution in [0.4, 0.5) is 11.5 Å². The molecule has 2 aliphatic heterocycles. The Balaban J connectivity index is 1.01. The lowest BCUT2D eigenvalue weighted by molar-refractivity contribution is -0.133. The van der Waals surface area contributed by atoms with Gasteiger partial charge in [-0.25, -0.2) is 14.6 Å². The van der Waals surface area contributed by atoms with Gasteiger partial charge >= 0.3 is 0 Å². The summed E-state index contributed by atoms with van der Waals surface area (Å²) in [6, 6.07) is 12.1. The molecule has 14 heteroatoms. The van der Waals surface area contributed by atoms with E-state index in [9.17, 15) is 4.79 Å². The zero-order chi connectivity index (χ0) is 32.6. The topological polar surface area (TPSA) is 174 Å². The highest BCUT2D eigenvalue weighted by Crippen LogP contribution is 2.37. The van der Waals surface area contributed by atoms with Gasteiger partial charge in [0.25, 0.3) is 0 Å². The first-order valence-corrected chi connectivity index (χ1v) is 16.0. The largest absolute Gasteiger partial charge is 0.456 e. The Kier molecular flexibility index (Phi) is 10.7. The van der Waals surface area contributed by atoms with Crippen LogP contribution in [0.5, 0.6) is 5.75 Å². The Morgan fingerprint density at radius 1 is 0.979 bits per heavy atom. The number of hydrogen-bond acceptors (Lipinski definition) is 12. The Morgan fingerprint density at radius 2 is 1.74 bits per heavy atom. The monoisotopic (exact) mass is 646 g/mol. The normalized spacial score (nSPS) is 15.4. The van der Waals surface area contributed by atoms with Crippen molar-refractivity contribution in [2.75, 3.05) is 70.5 Å². The van der Waals surface area contributed by atoms with Gasteiger partial charge in [-0.05, 0) is 48.2 Å². The van der Waals surface area contributed by atoms with Gasteiger partial charge in [-0.15, -0.1) is 0 Å². The average molecular weight is 647 g/mol. The fourth-order valence-electron chi connectivity index (χ4n) is 5.77. The fraction of sp³-hybridized carbons (Fsp3) is 0.455. The first-order chi connectivity index (χ1) is 23.0. The molecule has 0 saturated carbocycles. The van der Waals surface area contributed by atoms with E-state index in [0.29, 0.717) is 107 Å². The zero-order valence-corrected chi connectivity index (χ0v) is 26.7. The molecule has 0 spiro atoms. The van der Waals surface area contributed by atoms with Crippen LogP contribution in [-0.4, -0.2) is 96.3 Å². The van der Waals surface area contributed by atoms with Crippen LogP contribution in [0.3, 0.4) is 0 Å². The molecular formula is C33H42N8O6. The molecule has 47 heavy (non-hydrogen) atoms. The number of benzene rings is 2. The predicted molar refractivity (Wildman–Crippen MR) is 176 cm³/mol. The van der Waals surface area contributed by atoms with Crippen LogP contribution in [0.2, 0.25) is 0 Å². The molecule has 0 bridgehead atoms. The first-order valence-electron chi connectivity index (χ1n) is 16.0. The molecule has 4 aromatic rings. The molecule has 4 heterocycles. The number of nitrogens with two attached hydrogens (primary N) is 2. The summed E-state index contributed by atoms with van der Waals surface area (Å²) in [5, 5.41) is 8.73. The summed E-state index contributed by atoms with van der Waals surface area (Å²) in [5.41, 5.74) is 18.6. The van der Waals surface area contributed by atoms with Gasteiger partial charge < -0.3 is 39.6 Å². The highest BCUT2D eigenvalue weighted by atomic mass is 16.6. The third-order valence-corrected chi connectivity index (χ3v) is 8.11. The Morgan fingerprint density at radius 3 is 2.53 bits per heavy atom. The number of nitrogens with zero attached hydrogens (tertiary/aromatic N) is 5. The van der Waals surface area contributed by atoms with Gasteiger partial charge in [0.05, 0.1) is 70.3 Å². The van der Waals surface area contributed by atoms with Crippen LogP contribution < -0.4 is 21.5 Å². The summed E-state index contributed by atoms with van der Waals surface area (Å²) >= 11 is 0. The van der Waals surface area contributed by atoms with Gasteiger partial charge in [-0.2, -0.15) is 5.10 Å². The van der Waals surface area contributed by atoms with Crippen molar-refractivity contribution in [2.45, 2.75) is 39.2 Å². The molecule has 5 N–H and O–H groups in total. The molecule has 0 saturated heterocycles. The second-order valence-electron chi connectivity index (χ2n) is 11.3. The van der Waals surface area contributed by atoms with E-state index in [1.165, 1.54) is 11.9 Å². The van der Waals surface area contributed by atoms with Gasteiger partial charge in [-0.1, -0.05) is 18.2 Å². The molecule has 1 atom stereocenters. The summed E-state index contributed by atoms with van der Waals surface area (Å²) in [5.74, 6) is 1.14. The second-order valence-corrected chi connectivity index (χ2v) is 11.3. The quantitative estimate of drug-likeness (QED) is 0.152. The van der Waals surface area contributed by atoms with E-state index in [-0.39, 0.29) is 5.91 Å². The smallest absolute Gasteiger partial charge is 0.225 e. The van der Waals surface area contributed by atoms with Crippen LogP contribution in [-0.2, 0) is 43.3 Å². The Labute approximate surface area is 273 Å². The fourth-order valence-corrected chi connectivity index (χ4v) is 5.77. The molecule has 2 aromatic carbocycles. The molecule has 0 radical (unpaired) electrons. The summed E-state index contributed by atoms with van der Waals surface area (Å²) < 4.78 is 29.2. The number of carbonyl (C=O) groups is 1. The van der Waals surface area contributed by atoms with Gasteiger partial charge in [0.2, 0.25) is 12.3 Å². The number of hydrogen-bond donors (Lipinski definition) is 3. The van der Waals surface area contributed by atoms with Crippen molar-refractivity contribution >= 4 is 28.4 Å². The van der Waals surface area contributed by atoms with E-state index < -0.39 is 6.35 Å². The second kappa shape index (κ2) is 15.5. The molecule has 2 aliphatic rings. The van der Waals surface area contributed by atoms with E-state index in [4.69, 9.17) is 40.3 Å². The maximum absolute atomic E-state index is 12.9. The molecular weight excluding hydrogens is 604 g/mol. The summed E-state index contributed by atoms with van der Waals surface area (Å²) in [7, 11) is 0. The number of aromatic nitrogens is 4.